The molecule has 0 unspecified atom stereocenters. The van der Waals surface area contributed by atoms with Gasteiger partial charge in [-0.1, -0.05) is 53.0 Å². The van der Waals surface area contributed by atoms with E-state index in [1.54, 1.807) is 0 Å². The van der Waals surface area contributed by atoms with Gasteiger partial charge in [0.1, 0.15) is 0 Å². The quantitative estimate of drug-likeness (QED) is 0.840. The first-order chi connectivity index (χ1) is 8.48. The molecular weight excluding hydrogens is 295 g/mol. The number of hydrogen-bond acceptors (Lipinski definition) is 1. The van der Waals surface area contributed by atoms with Crippen molar-refractivity contribution >= 4 is 51.6 Å². The number of amides is 1. The lowest BCUT2D eigenvalue weighted by molar-refractivity contribution is -0.120. The SMILES string of the molecule is O=C(NCCc1c[nH]c2ccccc12)C(Cl)(Cl)Cl. The summed E-state index contributed by atoms with van der Waals surface area (Å²) in [5.41, 5.74) is 2.19. The molecule has 6 heteroatoms. The standard InChI is InChI=1S/C12H11Cl3N2O/c13-12(14,15)11(18)16-6-5-8-7-17-10-4-2-1-3-9(8)10/h1-4,7,17H,5-6H2,(H,16,18). The second-order valence-corrected chi connectivity index (χ2v) is 6.14. The van der Waals surface area contributed by atoms with Crippen molar-refractivity contribution in [3.05, 3.63) is 36.0 Å². The van der Waals surface area contributed by atoms with Gasteiger partial charge >= 0.3 is 0 Å². The van der Waals surface area contributed by atoms with E-state index in [1.807, 2.05) is 30.5 Å². The van der Waals surface area contributed by atoms with Crippen LogP contribution in [-0.4, -0.2) is 21.2 Å². The molecule has 3 nitrogen and oxygen atoms in total. The van der Waals surface area contributed by atoms with Gasteiger partial charge in [-0.15, -0.1) is 0 Å². The van der Waals surface area contributed by atoms with Crippen LogP contribution in [-0.2, 0) is 11.2 Å². The number of carbonyl (C=O) groups is 1. The van der Waals surface area contributed by atoms with Crippen LogP contribution in [0.3, 0.4) is 0 Å². The third-order valence-electron chi connectivity index (χ3n) is 2.61. The lowest BCUT2D eigenvalue weighted by atomic mass is 10.1. The molecule has 1 amide bonds. The van der Waals surface area contributed by atoms with E-state index in [1.165, 1.54) is 0 Å². The second kappa shape index (κ2) is 5.39. The van der Waals surface area contributed by atoms with Crippen LogP contribution >= 0.6 is 34.8 Å². The number of aromatic nitrogens is 1. The van der Waals surface area contributed by atoms with Gasteiger partial charge in [0.25, 0.3) is 9.70 Å². The van der Waals surface area contributed by atoms with Gasteiger partial charge in [0.15, 0.2) is 0 Å². The number of carbonyl (C=O) groups excluding carboxylic acids is 1. The molecule has 0 fully saturated rings. The second-order valence-electron chi connectivity index (χ2n) is 3.86. The van der Waals surface area contributed by atoms with Crippen molar-refractivity contribution in [2.75, 3.05) is 6.54 Å². The van der Waals surface area contributed by atoms with E-state index < -0.39 is 9.70 Å². The zero-order valence-corrected chi connectivity index (χ0v) is 11.6. The number of nitrogens with one attached hydrogen (secondary N) is 2. The van der Waals surface area contributed by atoms with Crippen LogP contribution in [0.5, 0.6) is 0 Å². The van der Waals surface area contributed by atoms with E-state index >= 15 is 0 Å². The van der Waals surface area contributed by atoms with Crippen LogP contribution in [0.4, 0.5) is 0 Å². The molecule has 0 aliphatic carbocycles. The Morgan fingerprint density at radius 1 is 1.28 bits per heavy atom. The van der Waals surface area contributed by atoms with Crippen LogP contribution in [0.25, 0.3) is 10.9 Å². The molecule has 0 aliphatic rings. The molecule has 1 aromatic heterocycles. The third-order valence-corrected chi connectivity index (χ3v) is 3.13. The molecule has 0 atom stereocenters. The minimum Gasteiger partial charge on any atom is -0.361 e. The average Bonchev–Trinajstić information content (AvgIpc) is 2.71. The third kappa shape index (κ3) is 3.10. The maximum Gasteiger partial charge on any atom is 0.272 e. The number of hydrogen-bond donors (Lipinski definition) is 2. The Labute approximate surface area is 119 Å². The first-order valence-electron chi connectivity index (χ1n) is 5.38. The maximum absolute atomic E-state index is 11.3. The molecule has 0 bridgehead atoms. The van der Waals surface area contributed by atoms with Gasteiger partial charge in [-0.25, -0.2) is 0 Å². The molecule has 18 heavy (non-hydrogen) atoms. The Morgan fingerprint density at radius 3 is 2.72 bits per heavy atom. The summed E-state index contributed by atoms with van der Waals surface area (Å²) in [5, 5.41) is 3.72. The number of rotatable bonds is 3. The molecular formula is C12H11Cl3N2O. The molecule has 0 radical (unpaired) electrons. The van der Waals surface area contributed by atoms with E-state index in [4.69, 9.17) is 34.8 Å². The number of para-hydroxylation sites is 1. The number of benzene rings is 1. The largest absolute Gasteiger partial charge is 0.361 e. The van der Waals surface area contributed by atoms with Crippen molar-refractivity contribution in [3.8, 4) is 0 Å². The van der Waals surface area contributed by atoms with E-state index in [0.717, 1.165) is 16.5 Å². The summed E-state index contributed by atoms with van der Waals surface area (Å²) in [7, 11) is 0. The molecule has 2 N–H and O–H groups in total. The molecule has 0 saturated carbocycles. The molecule has 0 spiro atoms. The molecule has 0 aliphatic heterocycles. The van der Waals surface area contributed by atoms with Crippen molar-refractivity contribution in [1.29, 1.82) is 0 Å². The first kappa shape index (κ1) is 13.5. The lowest BCUT2D eigenvalue weighted by Crippen LogP contribution is -2.35. The van der Waals surface area contributed by atoms with Gasteiger partial charge in [0.05, 0.1) is 0 Å². The summed E-state index contributed by atoms with van der Waals surface area (Å²) >= 11 is 16.4. The van der Waals surface area contributed by atoms with Crippen LogP contribution in [0.1, 0.15) is 5.56 Å². The summed E-state index contributed by atoms with van der Waals surface area (Å²) in [5.74, 6) is -0.604. The highest BCUT2D eigenvalue weighted by atomic mass is 35.6. The van der Waals surface area contributed by atoms with Gasteiger partial charge in [0.2, 0.25) is 0 Å². The lowest BCUT2D eigenvalue weighted by Gasteiger charge is -2.10. The topological polar surface area (TPSA) is 44.9 Å². The fraction of sp³-hybridized carbons (Fsp3) is 0.250. The van der Waals surface area contributed by atoms with Crippen LogP contribution < -0.4 is 5.32 Å². The van der Waals surface area contributed by atoms with Crippen LogP contribution in [0, 0.1) is 0 Å². The number of alkyl halides is 3. The zero-order valence-electron chi connectivity index (χ0n) is 9.34. The van der Waals surface area contributed by atoms with Gasteiger partial charge < -0.3 is 10.3 Å². The van der Waals surface area contributed by atoms with E-state index in [-0.39, 0.29) is 0 Å². The Kier molecular flexibility index (Phi) is 4.05. The molecule has 2 aromatic rings. The highest BCUT2D eigenvalue weighted by Gasteiger charge is 2.29. The van der Waals surface area contributed by atoms with Crippen molar-refractivity contribution in [1.82, 2.24) is 10.3 Å². The highest BCUT2D eigenvalue weighted by Crippen LogP contribution is 2.25. The predicted molar refractivity (Wildman–Crippen MR) is 75.3 cm³/mol. The van der Waals surface area contributed by atoms with Crippen molar-refractivity contribution in [3.63, 3.8) is 0 Å². The normalized spacial score (nSPS) is 11.7. The predicted octanol–water partition coefficient (Wildman–Crippen LogP) is 3.20. The zero-order chi connectivity index (χ0) is 13.2. The summed E-state index contributed by atoms with van der Waals surface area (Å²) < 4.78 is -1.90. The Hall–Kier alpha value is -0.900. The molecule has 2 rings (SSSR count). The Balaban J connectivity index is 1.97. The number of H-pyrrole nitrogens is 1. The van der Waals surface area contributed by atoms with Crippen molar-refractivity contribution in [2.45, 2.75) is 10.2 Å². The molecule has 0 saturated heterocycles. The number of aromatic amines is 1. The fourth-order valence-corrected chi connectivity index (χ4v) is 1.95. The average molecular weight is 306 g/mol. The summed E-state index contributed by atoms with van der Waals surface area (Å²) in [6.07, 6.45) is 2.60. The van der Waals surface area contributed by atoms with Gasteiger partial charge in [-0.05, 0) is 18.1 Å². The summed E-state index contributed by atoms with van der Waals surface area (Å²) in [6, 6.07) is 7.96. The Bertz CT molecular complexity index is 560. The monoisotopic (exact) mass is 304 g/mol. The maximum atomic E-state index is 11.3. The first-order valence-corrected chi connectivity index (χ1v) is 6.52. The van der Waals surface area contributed by atoms with E-state index in [9.17, 15) is 4.79 Å². The van der Waals surface area contributed by atoms with Gasteiger partial charge in [-0.2, -0.15) is 0 Å². The molecule has 1 aromatic carbocycles. The van der Waals surface area contributed by atoms with Gasteiger partial charge in [0, 0.05) is 23.6 Å². The molecule has 96 valence electrons. The minimum atomic E-state index is -1.90. The van der Waals surface area contributed by atoms with E-state index in [0.29, 0.717) is 13.0 Å². The fourth-order valence-electron chi connectivity index (χ4n) is 1.75. The summed E-state index contributed by atoms with van der Waals surface area (Å²) in [6.45, 7) is 0.425. The molecule has 1 heterocycles. The smallest absolute Gasteiger partial charge is 0.272 e. The number of fused-ring (bicyclic) bond motifs is 1. The minimum absolute atomic E-state index is 0.425. The summed E-state index contributed by atoms with van der Waals surface area (Å²) in [4.78, 5) is 14.5. The number of halogens is 3. The Morgan fingerprint density at radius 2 is 2.00 bits per heavy atom. The van der Waals surface area contributed by atoms with Crippen molar-refractivity contribution < 1.29 is 4.79 Å². The van der Waals surface area contributed by atoms with Gasteiger partial charge in [-0.3, -0.25) is 4.79 Å². The van der Waals surface area contributed by atoms with Crippen LogP contribution in [0.2, 0.25) is 0 Å². The highest BCUT2D eigenvalue weighted by molar-refractivity contribution is 6.76. The van der Waals surface area contributed by atoms with Crippen LogP contribution in [0.15, 0.2) is 30.5 Å². The van der Waals surface area contributed by atoms with Crippen molar-refractivity contribution in [2.24, 2.45) is 0 Å². The van der Waals surface area contributed by atoms with E-state index in [2.05, 4.69) is 10.3 Å².